The molecule has 3 nitrogen and oxygen atoms in total. The van der Waals surface area contributed by atoms with Crippen LogP contribution in [0.15, 0.2) is 12.1 Å². The van der Waals surface area contributed by atoms with Crippen molar-refractivity contribution < 1.29 is 13.6 Å². The molecule has 1 N–H and O–H groups in total. The highest BCUT2D eigenvalue weighted by Crippen LogP contribution is 2.23. The third-order valence-corrected chi connectivity index (χ3v) is 2.62. The Kier molecular flexibility index (Phi) is 4.38. The molecule has 0 bridgehead atoms. The summed E-state index contributed by atoms with van der Waals surface area (Å²) < 4.78 is 27.1. The maximum absolute atomic E-state index is 13.7. The lowest BCUT2D eigenvalue weighted by Gasteiger charge is -2.14. The summed E-state index contributed by atoms with van der Waals surface area (Å²) in [6.07, 6.45) is 0. The van der Waals surface area contributed by atoms with Gasteiger partial charge < -0.3 is 5.32 Å². The zero-order chi connectivity index (χ0) is 13.9. The molecule has 1 rings (SSSR count). The zero-order valence-corrected chi connectivity index (χ0v) is 10.4. The number of nitrogens with zero attached hydrogens (tertiary/aromatic N) is 1. The molecule has 1 unspecified atom stereocenters. The van der Waals surface area contributed by atoms with E-state index in [9.17, 15) is 13.6 Å². The largest absolute Gasteiger partial charge is 0.320 e. The van der Waals surface area contributed by atoms with Gasteiger partial charge in [0.1, 0.15) is 17.4 Å². The van der Waals surface area contributed by atoms with Gasteiger partial charge in [0.05, 0.1) is 6.07 Å². The molecule has 0 fully saturated rings. The smallest absolute Gasteiger partial charge is 0.242 e. The molecule has 1 aromatic carbocycles. The topological polar surface area (TPSA) is 52.9 Å². The number of nitrogens with one attached hydrogen (secondary N) is 1. The number of nitriles is 1. The van der Waals surface area contributed by atoms with Gasteiger partial charge in [0.25, 0.3) is 0 Å². The van der Waals surface area contributed by atoms with Gasteiger partial charge in [-0.1, -0.05) is 19.9 Å². The first-order valence-corrected chi connectivity index (χ1v) is 5.53. The van der Waals surface area contributed by atoms with Gasteiger partial charge in [-0.25, -0.2) is 8.78 Å². The molecule has 96 valence electrons. The number of amides is 1. The highest BCUT2D eigenvalue weighted by atomic mass is 19.1. The van der Waals surface area contributed by atoms with Gasteiger partial charge in [0.2, 0.25) is 5.91 Å². The molecule has 0 aliphatic heterocycles. The van der Waals surface area contributed by atoms with Crippen molar-refractivity contribution >= 4 is 11.6 Å². The Morgan fingerprint density at radius 2 is 2.00 bits per heavy atom. The van der Waals surface area contributed by atoms with Gasteiger partial charge in [0.15, 0.2) is 5.82 Å². The van der Waals surface area contributed by atoms with Crippen molar-refractivity contribution in [1.82, 2.24) is 0 Å². The Morgan fingerprint density at radius 3 is 2.50 bits per heavy atom. The van der Waals surface area contributed by atoms with Crippen LogP contribution in [0.4, 0.5) is 14.5 Å². The molecule has 5 heteroatoms. The predicted molar refractivity (Wildman–Crippen MR) is 63.7 cm³/mol. The van der Waals surface area contributed by atoms with Crippen LogP contribution in [-0.2, 0) is 4.79 Å². The van der Waals surface area contributed by atoms with Crippen molar-refractivity contribution in [3.63, 3.8) is 0 Å². The van der Waals surface area contributed by atoms with Crippen LogP contribution in [0.25, 0.3) is 0 Å². The molecule has 1 atom stereocenters. The zero-order valence-electron chi connectivity index (χ0n) is 10.4. The maximum Gasteiger partial charge on any atom is 0.242 e. The summed E-state index contributed by atoms with van der Waals surface area (Å²) in [6, 6.07) is 4.17. The van der Waals surface area contributed by atoms with Gasteiger partial charge in [-0.15, -0.1) is 0 Å². The normalized spacial score (nSPS) is 12.1. The third-order valence-electron chi connectivity index (χ3n) is 2.62. The molecule has 0 saturated carbocycles. The summed E-state index contributed by atoms with van der Waals surface area (Å²) in [5.41, 5.74) is -0.273. The molecule has 0 aliphatic carbocycles. The Labute approximate surface area is 104 Å². The number of halogens is 2. The van der Waals surface area contributed by atoms with E-state index in [0.29, 0.717) is 0 Å². The minimum Gasteiger partial charge on any atom is -0.320 e. The summed E-state index contributed by atoms with van der Waals surface area (Å²) in [7, 11) is 0. The summed E-state index contributed by atoms with van der Waals surface area (Å²) in [5.74, 6) is -3.54. The van der Waals surface area contributed by atoms with Gasteiger partial charge in [-0.2, -0.15) is 5.26 Å². The summed E-state index contributed by atoms with van der Waals surface area (Å²) in [6.45, 7) is 4.85. The van der Waals surface area contributed by atoms with Crippen molar-refractivity contribution in [2.24, 2.45) is 11.8 Å². The lowest BCUT2D eigenvalue weighted by molar-refractivity contribution is -0.119. The molecule has 0 aliphatic rings. The lowest BCUT2D eigenvalue weighted by atomic mass is 9.96. The third kappa shape index (κ3) is 2.83. The number of hydrogen-bond donors (Lipinski definition) is 1. The van der Waals surface area contributed by atoms with E-state index in [0.717, 1.165) is 6.07 Å². The van der Waals surface area contributed by atoms with Crippen molar-refractivity contribution in [1.29, 1.82) is 5.26 Å². The van der Waals surface area contributed by atoms with Gasteiger partial charge >= 0.3 is 0 Å². The van der Waals surface area contributed by atoms with E-state index >= 15 is 0 Å². The molecule has 1 aromatic rings. The van der Waals surface area contributed by atoms with Crippen LogP contribution in [0, 0.1) is 41.7 Å². The van der Waals surface area contributed by atoms with Crippen LogP contribution in [0.3, 0.4) is 0 Å². The number of hydrogen-bond acceptors (Lipinski definition) is 2. The van der Waals surface area contributed by atoms with Gasteiger partial charge in [-0.3, -0.25) is 4.79 Å². The SMILES string of the molecule is Cc1ccc(F)c(NC(=O)C(C#N)C(C)C)c1F. The molecule has 0 spiro atoms. The maximum atomic E-state index is 13.7. The van der Waals surface area contributed by atoms with Crippen LogP contribution < -0.4 is 5.32 Å². The molecular weight excluding hydrogens is 238 g/mol. The minimum atomic E-state index is -0.940. The fraction of sp³-hybridized carbons (Fsp3) is 0.385. The molecular formula is C13H14F2N2O. The van der Waals surface area contributed by atoms with E-state index in [-0.39, 0.29) is 11.5 Å². The van der Waals surface area contributed by atoms with Crippen LogP contribution in [0.1, 0.15) is 19.4 Å². The number of anilines is 1. The number of rotatable bonds is 3. The van der Waals surface area contributed by atoms with Crippen molar-refractivity contribution in [2.45, 2.75) is 20.8 Å². The summed E-state index contributed by atoms with van der Waals surface area (Å²) in [5, 5.41) is 11.0. The summed E-state index contributed by atoms with van der Waals surface area (Å²) >= 11 is 0. The first kappa shape index (κ1) is 14.1. The Hall–Kier alpha value is -1.96. The van der Waals surface area contributed by atoms with Crippen LogP contribution in [0.5, 0.6) is 0 Å². The quantitative estimate of drug-likeness (QED) is 0.899. The van der Waals surface area contributed by atoms with E-state index in [4.69, 9.17) is 5.26 Å². The second-order valence-corrected chi connectivity index (χ2v) is 4.39. The number of aryl methyl sites for hydroxylation is 1. The molecule has 0 heterocycles. The first-order chi connectivity index (χ1) is 8.38. The van der Waals surface area contributed by atoms with Crippen LogP contribution in [-0.4, -0.2) is 5.91 Å². The fourth-order valence-electron chi connectivity index (χ4n) is 1.48. The van der Waals surface area contributed by atoms with Crippen molar-refractivity contribution in [3.05, 3.63) is 29.3 Å². The van der Waals surface area contributed by atoms with Crippen molar-refractivity contribution in [2.75, 3.05) is 5.32 Å². The van der Waals surface area contributed by atoms with E-state index in [2.05, 4.69) is 5.32 Å². The Balaban J connectivity index is 3.03. The molecule has 0 saturated heterocycles. The number of carbonyl (C=O) groups excluding carboxylic acids is 1. The lowest BCUT2D eigenvalue weighted by Crippen LogP contribution is -2.26. The van der Waals surface area contributed by atoms with Gasteiger partial charge in [0, 0.05) is 0 Å². The van der Waals surface area contributed by atoms with E-state index in [1.165, 1.54) is 13.0 Å². The van der Waals surface area contributed by atoms with Gasteiger partial charge in [-0.05, 0) is 24.5 Å². The standard InChI is InChI=1S/C13H14F2N2O/c1-7(2)9(6-16)13(18)17-12-10(14)5-4-8(3)11(12)15/h4-5,7,9H,1-3H3,(H,17,18). The molecule has 18 heavy (non-hydrogen) atoms. The van der Waals surface area contributed by atoms with E-state index in [1.807, 2.05) is 6.07 Å². The highest BCUT2D eigenvalue weighted by Gasteiger charge is 2.24. The second-order valence-electron chi connectivity index (χ2n) is 4.39. The van der Waals surface area contributed by atoms with Crippen molar-refractivity contribution in [3.8, 4) is 6.07 Å². The van der Waals surface area contributed by atoms with Crippen LogP contribution >= 0.6 is 0 Å². The number of benzene rings is 1. The second kappa shape index (κ2) is 5.58. The van der Waals surface area contributed by atoms with Crippen LogP contribution in [0.2, 0.25) is 0 Å². The Bertz CT molecular complexity index is 506. The summed E-state index contributed by atoms with van der Waals surface area (Å²) in [4.78, 5) is 11.7. The molecule has 1 amide bonds. The predicted octanol–water partition coefficient (Wildman–Crippen LogP) is 3.01. The first-order valence-electron chi connectivity index (χ1n) is 5.53. The average Bonchev–Trinajstić information content (AvgIpc) is 2.30. The Morgan fingerprint density at radius 1 is 1.39 bits per heavy atom. The monoisotopic (exact) mass is 252 g/mol. The highest BCUT2D eigenvalue weighted by molar-refractivity contribution is 5.94. The van der Waals surface area contributed by atoms with E-state index < -0.39 is 29.1 Å². The number of carbonyl (C=O) groups is 1. The molecule has 0 aromatic heterocycles. The minimum absolute atomic E-state index is 0.227. The average molecular weight is 252 g/mol. The fourth-order valence-corrected chi connectivity index (χ4v) is 1.48. The molecule has 0 radical (unpaired) electrons. The van der Waals surface area contributed by atoms with E-state index in [1.54, 1.807) is 13.8 Å².